The maximum absolute atomic E-state index is 12.8. The van der Waals surface area contributed by atoms with E-state index in [0.717, 1.165) is 37.0 Å². The van der Waals surface area contributed by atoms with Crippen LogP contribution in [0.5, 0.6) is 0 Å². The van der Waals surface area contributed by atoms with E-state index in [1.165, 1.54) is 0 Å². The first kappa shape index (κ1) is 17.4. The molecule has 2 aliphatic carbocycles. The van der Waals surface area contributed by atoms with Crippen LogP contribution >= 0.6 is 0 Å². The molecule has 27 heavy (non-hydrogen) atoms. The summed E-state index contributed by atoms with van der Waals surface area (Å²) in [6.07, 6.45) is 6.92. The molecule has 0 N–H and O–H groups in total. The molecule has 0 radical (unpaired) electrons. The molecule has 3 heterocycles. The molecule has 5 nitrogen and oxygen atoms in total. The summed E-state index contributed by atoms with van der Waals surface area (Å²) >= 11 is 0. The number of esters is 1. The number of fused-ring (bicyclic) bond motifs is 2. The summed E-state index contributed by atoms with van der Waals surface area (Å²) in [5, 5.41) is 0. The molecule has 4 aliphatic rings. The van der Waals surface area contributed by atoms with Crippen molar-refractivity contribution in [2.45, 2.75) is 57.8 Å². The van der Waals surface area contributed by atoms with Crippen LogP contribution in [0.1, 0.15) is 51.2 Å². The first-order chi connectivity index (χ1) is 12.9. The van der Waals surface area contributed by atoms with E-state index in [9.17, 15) is 4.79 Å². The minimum Gasteiger partial charge on any atom is -0.490 e. The molecule has 146 valence electrons. The van der Waals surface area contributed by atoms with Gasteiger partial charge in [-0.1, -0.05) is 20.4 Å². The minimum atomic E-state index is -0.195. The van der Waals surface area contributed by atoms with Crippen molar-refractivity contribution in [3.05, 3.63) is 36.5 Å². The monoisotopic (exact) mass is 372 g/mol. The third kappa shape index (κ3) is 2.12. The number of methoxy groups -OCH3 is 1. The van der Waals surface area contributed by atoms with Crippen LogP contribution in [0.4, 0.5) is 0 Å². The van der Waals surface area contributed by atoms with Crippen LogP contribution in [0.2, 0.25) is 0 Å². The van der Waals surface area contributed by atoms with Gasteiger partial charge in [0.2, 0.25) is 0 Å². The average molecular weight is 372 g/mol. The molecule has 0 bridgehead atoms. The van der Waals surface area contributed by atoms with Crippen LogP contribution in [-0.4, -0.2) is 25.3 Å². The lowest BCUT2D eigenvalue weighted by Crippen LogP contribution is -2.61. The highest BCUT2D eigenvalue weighted by atomic mass is 16.6. The highest BCUT2D eigenvalue weighted by Crippen LogP contribution is 2.69. The second-order valence-electron chi connectivity index (χ2n) is 9.30. The highest BCUT2D eigenvalue weighted by Gasteiger charge is 2.71. The maximum Gasteiger partial charge on any atom is 0.312 e. The molecule has 0 aromatic carbocycles. The Morgan fingerprint density at radius 3 is 2.78 bits per heavy atom. The van der Waals surface area contributed by atoms with Crippen molar-refractivity contribution in [1.82, 2.24) is 0 Å². The van der Waals surface area contributed by atoms with Gasteiger partial charge in [-0.05, 0) is 43.1 Å². The normalized spacial score (nSPS) is 48.4. The van der Waals surface area contributed by atoms with Crippen molar-refractivity contribution < 1.29 is 23.4 Å². The van der Waals surface area contributed by atoms with Crippen molar-refractivity contribution in [1.29, 1.82) is 0 Å². The van der Waals surface area contributed by atoms with Crippen molar-refractivity contribution >= 4 is 5.97 Å². The number of furan rings is 1. The topological polar surface area (TPSA) is 57.9 Å². The zero-order valence-electron chi connectivity index (χ0n) is 16.3. The zero-order valence-corrected chi connectivity index (χ0v) is 16.3. The van der Waals surface area contributed by atoms with Crippen LogP contribution in [0.15, 0.2) is 35.3 Å². The summed E-state index contributed by atoms with van der Waals surface area (Å²) in [5.74, 6) is 1.14. The molecule has 2 saturated carbocycles. The molecule has 1 aromatic heterocycles. The van der Waals surface area contributed by atoms with E-state index in [2.05, 4.69) is 20.4 Å². The van der Waals surface area contributed by atoms with Gasteiger partial charge in [0.25, 0.3) is 0 Å². The molecule has 8 atom stereocenters. The Morgan fingerprint density at radius 2 is 2.07 bits per heavy atom. The lowest BCUT2D eigenvalue weighted by Gasteiger charge is -2.62. The van der Waals surface area contributed by atoms with Crippen molar-refractivity contribution in [3.63, 3.8) is 0 Å². The predicted octanol–water partition coefficient (Wildman–Crippen LogP) is 4.25. The summed E-state index contributed by atoms with van der Waals surface area (Å²) in [4.78, 5) is 12.8. The number of hydrogen-bond donors (Lipinski definition) is 0. The van der Waals surface area contributed by atoms with E-state index >= 15 is 0 Å². The summed E-state index contributed by atoms with van der Waals surface area (Å²) in [6.45, 7) is 8.91. The number of rotatable bonds is 2. The number of carbonyl (C=O) groups is 1. The Labute approximate surface area is 160 Å². The Morgan fingerprint density at radius 1 is 1.26 bits per heavy atom. The van der Waals surface area contributed by atoms with E-state index < -0.39 is 0 Å². The standard InChI is InChI=1S/C22H28O5/c1-12-14-9-18-22(3)17(6-5-15(24-4)19(22)20(23)27-18)21(14,2)10-16(26-12)13-7-8-25-11-13/h7-8,11,14-19H,1,5-6,9-10H2,2-4H3/t14?,15?,16?,17-,18?,19?,21+,22-/m0/s1. The summed E-state index contributed by atoms with van der Waals surface area (Å²) in [6, 6.07) is 1.97. The summed E-state index contributed by atoms with van der Waals surface area (Å²) in [7, 11) is 1.72. The van der Waals surface area contributed by atoms with Gasteiger partial charge in [-0.15, -0.1) is 0 Å². The lowest BCUT2D eigenvalue weighted by atomic mass is 9.43. The number of allylic oxidation sites excluding steroid dienone is 1. The van der Waals surface area contributed by atoms with Crippen LogP contribution in [0.3, 0.4) is 0 Å². The van der Waals surface area contributed by atoms with Crippen LogP contribution in [-0.2, 0) is 19.0 Å². The molecule has 5 unspecified atom stereocenters. The largest absolute Gasteiger partial charge is 0.490 e. The van der Waals surface area contributed by atoms with E-state index in [-0.39, 0.29) is 46.9 Å². The molecule has 4 fully saturated rings. The van der Waals surface area contributed by atoms with Gasteiger partial charge in [-0.2, -0.15) is 0 Å². The van der Waals surface area contributed by atoms with Crippen molar-refractivity contribution in [2.24, 2.45) is 28.6 Å². The first-order valence-electron chi connectivity index (χ1n) is 10.0. The second kappa shape index (κ2) is 5.63. The minimum absolute atomic E-state index is 0.00740. The van der Waals surface area contributed by atoms with Crippen LogP contribution in [0.25, 0.3) is 0 Å². The molecular weight excluding hydrogens is 344 g/mol. The fourth-order valence-corrected chi connectivity index (χ4v) is 7.05. The molecular formula is C22H28O5. The molecule has 5 rings (SSSR count). The fraction of sp³-hybridized carbons (Fsp3) is 0.682. The fourth-order valence-electron chi connectivity index (χ4n) is 7.05. The Hall–Kier alpha value is -1.75. The van der Waals surface area contributed by atoms with E-state index in [1.807, 2.05) is 6.07 Å². The van der Waals surface area contributed by atoms with Crippen molar-refractivity contribution in [2.75, 3.05) is 7.11 Å². The Bertz CT molecular complexity index is 770. The van der Waals surface area contributed by atoms with E-state index in [0.29, 0.717) is 5.92 Å². The molecule has 2 saturated heterocycles. The van der Waals surface area contributed by atoms with Crippen LogP contribution in [0, 0.1) is 28.6 Å². The maximum atomic E-state index is 12.8. The predicted molar refractivity (Wildman–Crippen MR) is 97.5 cm³/mol. The highest BCUT2D eigenvalue weighted by molar-refractivity contribution is 5.77. The van der Waals surface area contributed by atoms with Gasteiger partial charge >= 0.3 is 5.97 Å². The van der Waals surface area contributed by atoms with E-state index in [4.69, 9.17) is 18.6 Å². The summed E-state index contributed by atoms with van der Waals surface area (Å²) < 4.78 is 23.2. The molecule has 1 aromatic rings. The third-order valence-corrected chi connectivity index (χ3v) is 8.31. The number of hydrogen-bond acceptors (Lipinski definition) is 5. The smallest absolute Gasteiger partial charge is 0.312 e. The van der Waals surface area contributed by atoms with Gasteiger partial charge in [-0.25, -0.2) is 0 Å². The van der Waals surface area contributed by atoms with Gasteiger partial charge in [0.1, 0.15) is 12.2 Å². The lowest BCUT2D eigenvalue weighted by molar-refractivity contribution is -0.191. The van der Waals surface area contributed by atoms with Gasteiger partial charge in [0.15, 0.2) is 0 Å². The van der Waals surface area contributed by atoms with Gasteiger partial charge in [-0.3, -0.25) is 4.79 Å². The number of carbonyl (C=O) groups excluding carboxylic acids is 1. The molecule has 2 aliphatic heterocycles. The molecule has 0 amide bonds. The Balaban J connectivity index is 1.57. The SMILES string of the molecule is C=C1OC(c2ccoc2)C[C@]2(C)C1CC1OC(=O)C3C(OC)CC[C@@H]2[C@@]13C. The average Bonchev–Trinajstić information content (AvgIpc) is 3.24. The number of ether oxygens (including phenoxy) is 3. The van der Waals surface area contributed by atoms with Gasteiger partial charge < -0.3 is 18.6 Å². The van der Waals surface area contributed by atoms with Crippen LogP contribution < -0.4 is 0 Å². The van der Waals surface area contributed by atoms with Crippen molar-refractivity contribution in [3.8, 4) is 0 Å². The Kier molecular flexibility index (Phi) is 3.62. The second-order valence-corrected chi connectivity index (χ2v) is 9.30. The van der Waals surface area contributed by atoms with E-state index in [1.54, 1.807) is 19.6 Å². The molecule has 0 spiro atoms. The zero-order chi connectivity index (χ0) is 19.0. The third-order valence-electron chi connectivity index (χ3n) is 8.31. The summed E-state index contributed by atoms with van der Waals surface area (Å²) in [5.41, 5.74) is 0.872. The quantitative estimate of drug-likeness (QED) is 0.726. The molecule has 5 heteroatoms. The van der Waals surface area contributed by atoms with Gasteiger partial charge in [0, 0.05) is 24.0 Å². The van der Waals surface area contributed by atoms with Gasteiger partial charge in [0.05, 0.1) is 30.3 Å². The first-order valence-corrected chi connectivity index (χ1v) is 10.0.